The molecule has 0 bridgehead atoms. The molecular formula is C17H25NO2. The van der Waals surface area contributed by atoms with Crippen molar-refractivity contribution in [3.05, 3.63) is 30.1 Å². The summed E-state index contributed by atoms with van der Waals surface area (Å²) >= 11 is 0. The van der Waals surface area contributed by atoms with Gasteiger partial charge in [-0.3, -0.25) is 9.78 Å². The smallest absolute Gasteiger partial charge is 0.310 e. The average Bonchev–Trinajstić information content (AvgIpc) is 2.42. The highest BCUT2D eigenvalue weighted by atomic mass is 16.5. The van der Waals surface area contributed by atoms with Crippen LogP contribution < -0.4 is 0 Å². The number of ether oxygens (including phenoxy) is 1. The summed E-state index contributed by atoms with van der Waals surface area (Å²) in [6, 6.07) is 3.73. The summed E-state index contributed by atoms with van der Waals surface area (Å²) in [5.74, 6) is 1.72. The van der Waals surface area contributed by atoms with Crippen LogP contribution in [-0.4, -0.2) is 17.1 Å². The zero-order valence-electron chi connectivity index (χ0n) is 12.7. The summed E-state index contributed by atoms with van der Waals surface area (Å²) in [6.07, 6.45) is 7.29. The number of nitrogens with zero attached hydrogens (tertiary/aromatic N) is 1. The van der Waals surface area contributed by atoms with Crippen LogP contribution in [0.3, 0.4) is 0 Å². The zero-order chi connectivity index (χ0) is 14.5. The quantitative estimate of drug-likeness (QED) is 0.788. The number of aromatic nitrogens is 1. The maximum absolute atomic E-state index is 12.1. The molecule has 1 unspecified atom stereocenters. The predicted molar refractivity (Wildman–Crippen MR) is 79.2 cm³/mol. The maximum Gasteiger partial charge on any atom is 0.310 e. The van der Waals surface area contributed by atoms with Crippen LogP contribution in [0.1, 0.15) is 45.6 Å². The van der Waals surface area contributed by atoms with Crippen LogP contribution in [0, 0.1) is 17.8 Å². The fourth-order valence-corrected chi connectivity index (χ4v) is 2.96. The Bertz CT molecular complexity index is 430. The maximum atomic E-state index is 12.1. The van der Waals surface area contributed by atoms with Gasteiger partial charge in [0.05, 0.1) is 6.42 Å². The number of pyridine rings is 1. The zero-order valence-corrected chi connectivity index (χ0v) is 12.7. The third-order valence-corrected chi connectivity index (χ3v) is 4.49. The van der Waals surface area contributed by atoms with E-state index < -0.39 is 0 Å². The fraction of sp³-hybridized carbons (Fsp3) is 0.647. The molecule has 20 heavy (non-hydrogen) atoms. The summed E-state index contributed by atoms with van der Waals surface area (Å²) in [4.78, 5) is 16.0. The van der Waals surface area contributed by atoms with Gasteiger partial charge in [-0.15, -0.1) is 0 Å². The lowest BCUT2D eigenvalue weighted by Gasteiger charge is -2.35. The van der Waals surface area contributed by atoms with Gasteiger partial charge < -0.3 is 4.74 Å². The van der Waals surface area contributed by atoms with E-state index in [1.54, 1.807) is 12.4 Å². The third kappa shape index (κ3) is 4.06. The first-order valence-electron chi connectivity index (χ1n) is 7.64. The Labute approximate surface area is 121 Å². The Morgan fingerprint density at radius 3 is 2.70 bits per heavy atom. The van der Waals surface area contributed by atoms with Crippen LogP contribution in [-0.2, 0) is 16.0 Å². The Kier molecular flexibility index (Phi) is 5.16. The molecule has 110 valence electrons. The molecule has 3 nitrogen and oxygen atoms in total. The molecule has 1 saturated carbocycles. The Hall–Kier alpha value is -1.38. The van der Waals surface area contributed by atoms with Gasteiger partial charge in [0.15, 0.2) is 0 Å². The number of carbonyl (C=O) groups excluding carboxylic acids is 1. The van der Waals surface area contributed by atoms with Crippen molar-refractivity contribution in [1.82, 2.24) is 4.98 Å². The van der Waals surface area contributed by atoms with Crippen molar-refractivity contribution in [2.75, 3.05) is 0 Å². The van der Waals surface area contributed by atoms with E-state index in [0.717, 1.165) is 18.4 Å². The van der Waals surface area contributed by atoms with E-state index in [1.807, 2.05) is 12.1 Å². The summed E-state index contributed by atoms with van der Waals surface area (Å²) in [5.41, 5.74) is 0.967. The topological polar surface area (TPSA) is 39.2 Å². The molecule has 3 heteroatoms. The van der Waals surface area contributed by atoms with Crippen LogP contribution in [0.25, 0.3) is 0 Å². The van der Waals surface area contributed by atoms with Gasteiger partial charge in [0.25, 0.3) is 0 Å². The summed E-state index contributed by atoms with van der Waals surface area (Å²) in [5, 5.41) is 0. The second-order valence-corrected chi connectivity index (χ2v) is 6.35. The van der Waals surface area contributed by atoms with Crippen molar-refractivity contribution in [2.45, 2.75) is 52.6 Å². The summed E-state index contributed by atoms with van der Waals surface area (Å²) < 4.78 is 5.73. The molecular weight excluding hydrogens is 250 g/mol. The predicted octanol–water partition coefficient (Wildman–Crippen LogP) is 3.63. The van der Waals surface area contributed by atoms with Gasteiger partial charge in [-0.05, 0) is 54.7 Å². The first-order chi connectivity index (χ1) is 9.56. The van der Waals surface area contributed by atoms with Crippen LogP contribution >= 0.6 is 0 Å². The summed E-state index contributed by atoms with van der Waals surface area (Å²) in [7, 11) is 0. The molecule has 0 amide bonds. The van der Waals surface area contributed by atoms with Gasteiger partial charge in [0.2, 0.25) is 0 Å². The summed E-state index contributed by atoms with van der Waals surface area (Å²) in [6.45, 7) is 6.72. The number of hydrogen-bond donors (Lipinski definition) is 0. The van der Waals surface area contributed by atoms with Gasteiger partial charge in [-0.2, -0.15) is 0 Å². The van der Waals surface area contributed by atoms with Gasteiger partial charge in [0.1, 0.15) is 6.10 Å². The number of esters is 1. The molecule has 1 aliphatic rings. The minimum absolute atomic E-state index is 0.0884. The average molecular weight is 275 g/mol. The largest absolute Gasteiger partial charge is 0.462 e. The van der Waals surface area contributed by atoms with Gasteiger partial charge >= 0.3 is 5.97 Å². The monoisotopic (exact) mass is 275 g/mol. The van der Waals surface area contributed by atoms with E-state index >= 15 is 0 Å². The van der Waals surface area contributed by atoms with Crippen molar-refractivity contribution in [2.24, 2.45) is 17.8 Å². The minimum Gasteiger partial charge on any atom is -0.462 e. The Morgan fingerprint density at radius 2 is 2.05 bits per heavy atom. The van der Waals surface area contributed by atoms with E-state index in [4.69, 9.17) is 4.74 Å². The van der Waals surface area contributed by atoms with E-state index in [9.17, 15) is 4.79 Å². The molecule has 1 aliphatic carbocycles. The van der Waals surface area contributed by atoms with Crippen molar-refractivity contribution >= 4 is 5.97 Å². The van der Waals surface area contributed by atoms with Crippen molar-refractivity contribution in [3.8, 4) is 0 Å². The lowest BCUT2D eigenvalue weighted by Crippen LogP contribution is -2.34. The van der Waals surface area contributed by atoms with E-state index in [2.05, 4.69) is 25.8 Å². The van der Waals surface area contributed by atoms with Crippen LogP contribution in [0.15, 0.2) is 24.5 Å². The highest BCUT2D eigenvalue weighted by Crippen LogP contribution is 2.35. The number of carbonyl (C=O) groups is 1. The third-order valence-electron chi connectivity index (χ3n) is 4.49. The van der Waals surface area contributed by atoms with Crippen molar-refractivity contribution < 1.29 is 9.53 Å². The SMILES string of the molecule is CC(C)[C@@H]1CC[C@@H](C)C(OC(=O)Cc2ccncc2)C1. The standard InChI is InChI=1S/C17H25NO2/c1-12(2)15-5-4-13(3)16(11-15)20-17(19)10-14-6-8-18-9-7-14/h6-9,12-13,15-16H,4-5,10-11H2,1-3H3/t13-,15-,16?/m1/s1. The van der Waals surface area contributed by atoms with Gasteiger partial charge in [0, 0.05) is 12.4 Å². The lowest BCUT2D eigenvalue weighted by molar-refractivity contribution is -0.153. The Balaban J connectivity index is 1.89. The molecule has 1 aromatic heterocycles. The minimum atomic E-state index is -0.113. The normalized spacial score (nSPS) is 26.5. The molecule has 3 atom stereocenters. The van der Waals surface area contributed by atoms with E-state index in [0.29, 0.717) is 24.2 Å². The van der Waals surface area contributed by atoms with Crippen molar-refractivity contribution in [1.29, 1.82) is 0 Å². The first-order valence-corrected chi connectivity index (χ1v) is 7.64. The Morgan fingerprint density at radius 1 is 1.35 bits per heavy atom. The van der Waals surface area contributed by atoms with E-state index in [-0.39, 0.29) is 12.1 Å². The molecule has 2 rings (SSSR count). The van der Waals surface area contributed by atoms with Crippen molar-refractivity contribution in [3.63, 3.8) is 0 Å². The van der Waals surface area contributed by atoms with Gasteiger partial charge in [-0.1, -0.05) is 20.8 Å². The van der Waals surface area contributed by atoms with Crippen LogP contribution in [0.2, 0.25) is 0 Å². The highest BCUT2D eigenvalue weighted by molar-refractivity contribution is 5.72. The fourth-order valence-electron chi connectivity index (χ4n) is 2.96. The molecule has 0 aromatic carbocycles. The molecule has 1 aromatic rings. The molecule has 0 spiro atoms. The van der Waals surface area contributed by atoms with Gasteiger partial charge in [-0.25, -0.2) is 0 Å². The second kappa shape index (κ2) is 6.87. The number of rotatable bonds is 4. The van der Waals surface area contributed by atoms with E-state index in [1.165, 1.54) is 6.42 Å². The molecule has 1 heterocycles. The highest BCUT2D eigenvalue weighted by Gasteiger charge is 2.31. The van der Waals surface area contributed by atoms with Crippen LogP contribution in [0.4, 0.5) is 0 Å². The molecule has 0 saturated heterocycles. The first kappa shape index (κ1) is 15.0. The lowest BCUT2D eigenvalue weighted by atomic mass is 9.76. The molecule has 0 radical (unpaired) electrons. The molecule has 0 N–H and O–H groups in total. The van der Waals surface area contributed by atoms with Crippen LogP contribution in [0.5, 0.6) is 0 Å². The number of hydrogen-bond acceptors (Lipinski definition) is 3. The second-order valence-electron chi connectivity index (χ2n) is 6.35. The molecule has 1 fully saturated rings. The molecule has 0 aliphatic heterocycles.